The quantitative estimate of drug-likeness (QED) is 0.766. The second-order valence-electron chi connectivity index (χ2n) is 6.71. The van der Waals surface area contributed by atoms with E-state index < -0.39 is 5.92 Å². The fourth-order valence-electron chi connectivity index (χ4n) is 3.66. The van der Waals surface area contributed by atoms with Crippen LogP contribution in [-0.2, 0) is 9.59 Å². The first-order chi connectivity index (χ1) is 12.2. The minimum absolute atomic E-state index is 0. The van der Waals surface area contributed by atoms with E-state index in [4.69, 9.17) is 9.47 Å². The molecule has 2 N–H and O–H groups in total. The number of halogens is 1. The first-order valence-corrected chi connectivity index (χ1v) is 8.94. The Balaban J connectivity index is 0.00000196. The van der Waals surface area contributed by atoms with Gasteiger partial charge in [0.1, 0.15) is 19.1 Å². The third kappa shape index (κ3) is 3.73. The number of anilines is 1. The summed E-state index contributed by atoms with van der Waals surface area (Å²) in [7, 11) is 0. The second-order valence-corrected chi connectivity index (χ2v) is 6.71. The Labute approximate surface area is 158 Å². The third-order valence-corrected chi connectivity index (χ3v) is 5.00. The van der Waals surface area contributed by atoms with Crippen LogP contribution in [0, 0.1) is 5.92 Å². The molecular formula is C18H24ClN3O4. The number of nitrogens with zero attached hydrogens (tertiary/aromatic N) is 1. The Hall–Kier alpha value is -1.99. The number of fused-ring (bicyclic) bond motifs is 1. The van der Waals surface area contributed by atoms with Gasteiger partial charge in [0.05, 0.1) is 0 Å². The van der Waals surface area contributed by atoms with E-state index in [0.29, 0.717) is 37.7 Å². The normalized spacial score (nSPS) is 24.8. The van der Waals surface area contributed by atoms with Gasteiger partial charge in [0.15, 0.2) is 11.5 Å². The van der Waals surface area contributed by atoms with Crippen molar-refractivity contribution in [1.29, 1.82) is 0 Å². The molecule has 2 saturated heterocycles. The highest BCUT2D eigenvalue weighted by molar-refractivity contribution is 6.09. The Morgan fingerprint density at radius 2 is 2.00 bits per heavy atom. The summed E-state index contributed by atoms with van der Waals surface area (Å²) >= 11 is 0. The summed E-state index contributed by atoms with van der Waals surface area (Å²) < 4.78 is 11.1. The molecule has 0 bridgehead atoms. The summed E-state index contributed by atoms with van der Waals surface area (Å²) in [5, 5.41) is 6.29. The number of benzene rings is 1. The van der Waals surface area contributed by atoms with E-state index in [1.165, 1.54) is 0 Å². The Bertz CT molecular complexity index is 678. The van der Waals surface area contributed by atoms with Gasteiger partial charge in [-0.3, -0.25) is 9.59 Å². The predicted octanol–water partition coefficient (Wildman–Crippen LogP) is 1.10. The molecule has 2 fully saturated rings. The molecule has 3 aliphatic rings. The maximum atomic E-state index is 12.7. The first kappa shape index (κ1) is 18.8. The Morgan fingerprint density at radius 3 is 2.77 bits per heavy atom. The number of hydrogen-bond acceptors (Lipinski definition) is 5. The lowest BCUT2D eigenvalue weighted by Gasteiger charge is -2.25. The minimum Gasteiger partial charge on any atom is -0.486 e. The van der Waals surface area contributed by atoms with Crippen molar-refractivity contribution in [2.45, 2.75) is 25.3 Å². The van der Waals surface area contributed by atoms with E-state index in [1.54, 1.807) is 4.90 Å². The molecule has 4 rings (SSSR count). The van der Waals surface area contributed by atoms with Crippen LogP contribution in [0.25, 0.3) is 0 Å². The van der Waals surface area contributed by atoms with Crippen molar-refractivity contribution in [2.24, 2.45) is 5.92 Å². The van der Waals surface area contributed by atoms with Crippen LogP contribution in [0.15, 0.2) is 18.2 Å². The van der Waals surface area contributed by atoms with Crippen LogP contribution in [-0.4, -0.2) is 50.7 Å². The highest BCUT2D eigenvalue weighted by Crippen LogP contribution is 2.36. The monoisotopic (exact) mass is 381 g/mol. The van der Waals surface area contributed by atoms with Crippen molar-refractivity contribution in [3.63, 3.8) is 0 Å². The fraction of sp³-hybridized carbons (Fsp3) is 0.556. The van der Waals surface area contributed by atoms with Crippen molar-refractivity contribution in [2.75, 3.05) is 37.7 Å². The lowest BCUT2D eigenvalue weighted by molar-refractivity contribution is -0.132. The zero-order valence-electron chi connectivity index (χ0n) is 14.5. The van der Waals surface area contributed by atoms with Gasteiger partial charge >= 0.3 is 0 Å². The summed E-state index contributed by atoms with van der Waals surface area (Å²) in [4.78, 5) is 26.9. The molecule has 0 aromatic heterocycles. The molecule has 0 radical (unpaired) electrons. The van der Waals surface area contributed by atoms with Gasteiger partial charge in [-0.1, -0.05) is 0 Å². The molecule has 142 valence electrons. The molecule has 3 aliphatic heterocycles. The molecule has 2 amide bonds. The maximum Gasteiger partial charge on any atom is 0.239 e. The lowest BCUT2D eigenvalue weighted by Crippen LogP contribution is -2.48. The highest BCUT2D eigenvalue weighted by atomic mass is 35.5. The maximum absolute atomic E-state index is 12.7. The number of ether oxygens (including phenoxy) is 2. The van der Waals surface area contributed by atoms with Crippen molar-refractivity contribution in [1.82, 2.24) is 10.6 Å². The minimum atomic E-state index is -0.602. The number of hydrogen-bond donors (Lipinski definition) is 2. The summed E-state index contributed by atoms with van der Waals surface area (Å²) in [6.45, 7) is 3.35. The molecule has 3 heterocycles. The molecule has 8 heteroatoms. The van der Waals surface area contributed by atoms with Gasteiger partial charge in [0.2, 0.25) is 11.8 Å². The molecule has 1 aromatic rings. The second kappa shape index (κ2) is 8.14. The van der Waals surface area contributed by atoms with Gasteiger partial charge in [-0.25, -0.2) is 0 Å². The lowest BCUT2D eigenvalue weighted by atomic mass is 10.0. The van der Waals surface area contributed by atoms with Crippen LogP contribution in [0.4, 0.5) is 5.69 Å². The summed E-state index contributed by atoms with van der Waals surface area (Å²) in [5.41, 5.74) is 0.754. The van der Waals surface area contributed by atoms with E-state index in [9.17, 15) is 9.59 Å². The van der Waals surface area contributed by atoms with E-state index in [0.717, 1.165) is 31.6 Å². The van der Waals surface area contributed by atoms with Crippen LogP contribution >= 0.6 is 12.4 Å². The van der Waals surface area contributed by atoms with Crippen molar-refractivity contribution >= 4 is 29.9 Å². The van der Waals surface area contributed by atoms with E-state index in [-0.39, 0.29) is 30.3 Å². The summed E-state index contributed by atoms with van der Waals surface area (Å²) in [5.74, 6) is 0.449. The number of rotatable bonds is 3. The van der Waals surface area contributed by atoms with E-state index >= 15 is 0 Å². The number of carbonyl (C=O) groups is 2. The zero-order chi connectivity index (χ0) is 17.2. The number of amides is 2. The average Bonchev–Trinajstić information content (AvgIpc) is 3.04. The average molecular weight is 382 g/mol. The van der Waals surface area contributed by atoms with Crippen molar-refractivity contribution in [3.05, 3.63) is 18.2 Å². The molecule has 0 aliphatic carbocycles. The third-order valence-electron chi connectivity index (χ3n) is 5.00. The highest BCUT2D eigenvalue weighted by Gasteiger charge is 2.38. The van der Waals surface area contributed by atoms with Crippen molar-refractivity contribution < 1.29 is 19.1 Å². The van der Waals surface area contributed by atoms with Gasteiger partial charge in [0.25, 0.3) is 0 Å². The van der Waals surface area contributed by atoms with Crippen LogP contribution in [0.5, 0.6) is 11.5 Å². The fourth-order valence-corrected chi connectivity index (χ4v) is 3.66. The standard InChI is InChI=1S/C18H23N3O4.ClH/c22-17(20-12-2-1-6-19-11-12)14-5-7-21(18(14)23)13-3-4-15-16(10-13)25-9-8-24-15;/h3-4,10,12,14,19H,1-2,5-9,11H2,(H,20,22);1H/t12-,14?;/m0./s1. The van der Waals surface area contributed by atoms with Crippen LogP contribution in [0.2, 0.25) is 0 Å². The van der Waals surface area contributed by atoms with Crippen LogP contribution < -0.4 is 25.0 Å². The largest absolute Gasteiger partial charge is 0.486 e. The molecule has 1 unspecified atom stereocenters. The van der Waals surface area contributed by atoms with Gasteiger partial charge in [-0.05, 0) is 37.9 Å². The molecule has 1 aromatic carbocycles. The van der Waals surface area contributed by atoms with Gasteiger partial charge in [-0.15, -0.1) is 12.4 Å². The zero-order valence-corrected chi connectivity index (χ0v) is 15.3. The number of piperidine rings is 1. The van der Waals surface area contributed by atoms with Gasteiger partial charge in [0, 0.05) is 30.9 Å². The molecule has 2 atom stereocenters. The molecular weight excluding hydrogens is 358 g/mol. The molecule has 0 spiro atoms. The summed E-state index contributed by atoms with van der Waals surface area (Å²) in [6, 6.07) is 5.60. The molecule has 0 saturated carbocycles. The molecule has 26 heavy (non-hydrogen) atoms. The van der Waals surface area contributed by atoms with Crippen molar-refractivity contribution in [3.8, 4) is 11.5 Å². The first-order valence-electron chi connectivity index (χ1n) is 8.94. The van der Waals surface area contributed by atoms with Gasteiger partial charge in [-0.2, -0.15) is 0 Å². The van der Waals surface area contributed by atoms with Crippen LogP contribution in [0.3, 0.4) is 0 Å². The van der Waals surface area contributed by atoms with E-state index in [2.05, 4.69) is 10.6 Å². The summed E-state index contributed by atoms with van der Waals surface area (Å²) in [6.07, 6.45) is 2.55. The number of carbonyl (C=O) groups excluding carboxylic acids is 2. The van der Waals surface area contributed by atoms with E-state index in [1.807, 2.05) is 18.2 Å². The van der Waals surface area contributed by atoms with Gasteiger partial charge < -0.3 is 25.0 Å². The molecule has 7 nitrogen and oxygen atoms in total. The number of nitrogens with one attached hydrogen (secondary N) is 2. The Kier molecular flexibility index (Phi) is 5.88. The SMILES string of the molecule is Cl.O=C(N[C@H]1CCCNC1)C1CCN(c2ccc3c(c2)OCCO3)C1=O. The van der Waals surface area contributed by atoms with Crippen LogP contribution in [0.1, 0.15) is 19.3 Å². The predicted molar refractivity (Wildman–Crippen MR) is 99.2 cm³/mol. The smallest absolute Gasteiger partial charge is 0.239 e. The topological polar surface area (TPSA) is 79.9 Å². The Morgan fingerprint density at radius 1 is 1.19 bits per heavy atom.